The molecular formula is C20H24N+. The standard InChI is InChI=1S/C20H24N/c1-3-21(2)15-14-19(16-21)20(17-10-6-4-7-11-17)18-12-8-5-9-13-18/h4-13H,3,14-16H2,1-2H3/q+1. The highest BCUT2D eigenvalue weighted by molar-refractivity contribution is 5.82. The van der Waals surface area contributed by atoms with Crippen LogP contribution < -0.4 is 0 Å². The Kier molecular flexibility index (Phi) is 3.94. The van der Waals surface area contributed by atoms with E-state index in [1.807, 2.05) is 0 Å². The molecule has 1 nitrogen and oxygen atoms in total. The van der Waals surface area contributed by atoms with Crippen molar-refractivity contribution >= 4 is 5.57 Å². The SMILES string of the molecule is CC[N+]1(C)CCC(=C(c2ccccc2)c2ccccc2)C1. The zero-order chi connectivity index (χ0) is 14.7. The van der Waals surface area contributed by atoms with Gasteiger partial charge in [0, 0.05) is 6.42 Å². The van der Waals surface area contributed by atoms with Crippen LogP contribution in [0.1, 0.15) is 24.5 Å². The smallest absolute Gasteiger partial charge is 0.101 e. The van der Waals surface area contributed by atoms with Gasteiger partial charge in [-0.15, -0.1) is 0 Å². The molecule has 1 aliphatic rings. The van der Waals surface area contributed by atoms with E-state index in [1.54, 1.807) is 5.57 Å². The Balaban J connectivity index is 2.10. The predicted molar refractivity (Wildman–Crippen MR) is 90.0 cm³/mol. The third-order valence-electron chi connectivity index (χ3n) is 4.77. The van der Waals surface area contributed by atoms with Gasteiger partial charge in [0.2, 0.25) is 0 Å². The van der Waals surface area contributed by atoms with Crippen LogP contribution in [-0.2, 0) is 0 Å². The molecule has 1 unspecified atom stereocenters. The molecule has 1 atom stereocenters. The second kappa shape index (κ2) is 5.87. The second-order valence-corrected chi connectivity index (χ2v) is 6.28. The highest BCUT2D eigenvalue weighted by Gasteiger charge is 2.31. The summed E-state index contributed by atoms with van der Waals surface area (Å²) in [7, 11) is 2.38. The zero-order valence-electron chi connectivity index (χ0n) is 13.0. The molecular weight excluding hydrogens is 254 g/mol. The molecule has 1 heteroatoms. The van der Waals surface area contributed by atoms with Crippen LogP contribution in [0.25, 0.3) is 5.57 Å². The van der Waals surface area contributed by atoms with Crippen LogP contribution >= 0.6 is 0 Å². The van der Waals surface area contributed by atoms with Gasteiger partial charge < -0.3 is 4.48 Å². The minimum Gasteiger partial charge on any atom is -0.322 e. The van der Waals surface area contributed by atoms with Gasteiger partial charge in [-0.3, -0.25) is 0 Å². The largest absolute Gasteiger partial charge is 0.322 e. The molecule has 0 radical (unpaired) electrons. The van der Waals surface area contributed by atoms with Gasteiger partial charge >= 0.3 is 0 Å². The van der Waals surface area contributed by atoms with Gasteiger partial charge in [0.05, 0.1) is 20.1 Å². The van der Waals surface area contributed by atoms with Crippen LogP contribution in [0.4, 0.5) is 0 Å². The second-order valence-electron chi connectivity index (χ2n) is 6.28. The Bertz CT molecular complexity index is 586. The lowest BCUT2D eigenvalue weighted by Crippen LogP contribution is -2.40. The van der Waals surface area contributed by atoms with Gasteiger partial charge in [-0.25, -0.2) is 0 Å². The average molecular weight is 278 g/mol. The number of quaternary nitrogens is 1. The maximum atomic E-state index is 2.38. The van der Waals surface area contributed by atoms with Crippen molar-refractivity contribution in [1.29, 1.82) is 0 Å². The Labute approximate surface area is 128 Å². The number of likely N-dealkylation sites (N-methyl/N-ethyl adjacent to an activating group) is 1. The minimum absolute atomic E-state index is 1.17. The van der Waals surface area contributed by atoms with E-state index in [-0.39, 0.29) is 0 Å². The zero-order valence-corrected chi connectivity index (χ0v) is 13.0. The Morgan fingerprint density at radius 1 is 0.905 bits per heavy atom. The van der Waals surface area contributed by atoms with Crippen LogP contribution in [-0.4, -0.2) is 31.2 Å². The summed E-state index contributed by atoms with van der Waals surface area (Å²) in [5.41, 5.74) is 5.76. The number of likely N-dealkylation sites (tertiary alicyclic amines) is 1. The first kappa shape index (κ1) is 14.1. The molecule has 3 rings (SSSR count). The molecule has 0 spiro atoms. The van der Waals surface area contributed by atoms with Crippen molar-refractivity contribution in [3.63, 3.8) is 0 Å². The van der Waals surface area contributed by atoms with Crippen LogP contribution in [0.15, 0.2) is 66.2 Å². The quantitative estimate of drug-likeness (QED) is 0.732. The van der Waals surface area contributed by atoms with E-state index in [0.29, 0.717) is 0 Å². The predicted octanol–water partition coefficient (Wildman–Crippen LogP) is 4.36. The Morgan fingerprint density at radius 3 is 1.86 bits per heavy atom. The van der Waals surface area contributed by atoms with Crippen molar-refractivity contribution in [2.45, 2.75) is 13.3 Å². The molecule has 21 heavy (non-hydrogen) atoms. The molecule has 1 aliphatic heterocycles. The highest BCUT2D eigenvalue weighted by atomic mass is 15.3. The number of rotatable bonds is 3. The molecule has 1 fully saturated rings. The van der Waals surface area contributed by atoms with E-state index in [1.165, 1.54) is 47.2 Å². The summed E-state index contributed by atoms with van der Waals surface area (Å²) >= 11 is 0. The minimum atomic E-state index is 1.17. The van der Waals surface area contributed by atoms with E-state index >= 15 is 0 Å². The van der Waals surface area contributed by atoms with Gasteiger partial charge in [0.1, 0.15) is 6.54 Å². The molecule has 1 heterocycles. The van der Waals surface area contributed by atoms with Crippen LogP contribution in [0, 0.1) is 0 Å². The summed E-state index contributed by atoms with van der Waals surface area (Å²) in [5.74, 6) is 0. The van der Waals surface area contributed by atoms with Gasteiger partial charge in [0.15, 0.2) is 0 Å². The Morgan fingerprint density at radius 2 is 1.43 bits per heavy atom. The fraction of sp³-hybridized carbons (Fsp3) is 0.300. The van der Waals surface area contributed by atoms with E-state index < -0.39 is 0 Å². The first-order chi connectivity index (χ1) is 10.2. The molecule has 0 N–H and O–H groups in total. The van der Waals surface area contributed by atoms with Gasteiger partial charge in [0.25, 0.3) is 0 Å². The van der Waals surface area contributed by atoms with Crippen LogP contribution in [0.3, 0.4) is 0 Å². The molecule has 1 saturated heterocycles. The number of hydrogen-bond acceptors (Lipinski definition) is 0. The normalized spacial score (nSPS) is 21.5. The fourth-order valence-corrected chi connectivity index (χ4v) is 3.28. The maximum Gasteiger partial charge on any atom is 0.101 e. The lowest BCUT2D eigenvalue weighted by molar-refractivity contribution is -0.893. The van der Waals surface area contributed by atoms with Crippen molar-refractivity contribution in [3.8, 4) is 0 Å². The van der Waals surface area contributed by atoms with E-state index in [2.05, 4.69) is 74.6 Å². The summed E-state index contributed by atoms with van der Waals surface area (Å²) in [6.07, 6.45) is 1.21. The molecule has 0 amide bonds. The topological polar surface area (TPSA) is 0 Å². The Hall–Kier alpha value is -1.86. The number of benzene rings is 2. The summed E-state index contributed by atoms with van der Waals surface area (Å²) in [5, 5.41) is 0. The first-order valence-electron chi connectivity index (χ1n) is 7.88. The van der Waals surface area contributed by atoms with Gasteiger partial charge in [-0.05, 0) is 29.2 Å². The monoisotopic (exact) mass is 278 g/mol. The maximum absolute atomic E-state index is 2.38. The van der Waals surface area contributed by atoms with Gasteiger partial charge in [-0.2, -0.15) is 0 Å². The summed E-state index contributed by atoms with van der Waals surface area (Å²) in [6.45, 7) is 5.94. The molecule has 0 bridgehead atoms. The third-order valence-corrected chi connectivity index (χ3v) is 4.77. The molecule has 108 valence electrons. The van der Waals surface area contributed by atoms with Crippen LogP contribution in [0.2, 0.25) is 0 Å². The lowest BCUT2D eigenvalue weighted by Gasteiger charge is -2.27. The third kappa shape index (κ3) is 2.93. The fourth-order valence-electron chi connectivity index (χ4n) is 3.28. The molecule has 0 aliphatic carbocycles. The van der Waals surface area contributed by atoms with Crippen molar-refractivity contribution in [3.05, 3.63) is 77.4 Å². The highest BCUT2D eigenvalue weighted by Crippen LogP contribution is 2.33. The molecule has 0 aromatic heterocycles. The van der Waals surface area contributed by atoms with E-state index in [9.17, 15) is 0 Å². The van der Waals surface area contributed by atoms with Crippen molar-refractivity contribution in [2.75, 3.05) is 26.7 Å². The summed E-state index contributed by atoms with van der Waals surface area (Å²) < 4.78 is 1.17. The van der Waals surface area contributed by atoms with E-state index in [0.717, 1.165) is 0 Å². The molecule has 2 aromatic rings. The summed E-state index contributed by atoms with van der Waals surface area (Å²) in [4.78, 5) is 0. The van der Waals surface area contributed by atoms with Crippen molar-refractivity contribution in [1.82, 2.24) is 0 Å². The van der Waals surface area contributed by atoms with Crippen molar-refractivity contribution < 1.29 is 4.48 Å². The lowest BCUT2D eigenvalue weighted by atomic mass is 9.92. The number of nitrogens with zero attached hydrogens (tertiary/aromatic N) is 1. The molecule has 0 saturated carbocycles. The first-order valence-corrected chi connectivity index (χ1v) is 7.88. The summed E-state index contributed by atoms with van der Waals surface area (Å²) in [6, 6.07) is 21.7. The van der Waals surface area contributed by atoms with Crippen molar-refractivity contribution in [2.24, 2.45) is 0 Å². The van der Waals surface area contributed by atoms with Crippen LogP contribution in [0.5, 0.6) is 0 Å². The van der Waals surface area contributed by atoms with Gasteiger partial charge in [-0.1, -0.05) is 60.7 Å². The van der Waals surface area contributed by atoms with E-state index in [4.69, 9.17) is 0 Å². The number of hydrogen-bond donors (Lipinski definition) is 0. The molecule has 2 aromatic carbocycles. The average Bonchev–Trinajstić information content (AvgIpc) is 2.93.